The van der Waals surface area contributed by atoms with E-state index in [-0.39, 0.29) is 5.91 Å². The molecule has 1 aliphatic rings. The Bertz CT molecular complexity index is 1240. The largest absolute Gasteiger partial charge is 0.353 e. The molecular weight excluding hydrogens is 396 g/mol. The summed E-state index contributed by atoms with van der Waals surface area (Å²) in [5, 5.41) is 2.34. The van der Waals surface area contributed by atoms with Gasteiger partial charge in [-0.05, 0) is 23.3 Å². The van der Waals surface area contributed by atoms with Crippen molar-refractivity contribution in [3.8, 4) is 11.3 Å². The van der Waals surface area contributed by atoms with E-state index in [1.165, 1.54) is 5.39 Å². The zero-order chi connectivity index (χ0) is 21.9. The molecule has 1 aliphatic heterocycles. The summed E-state index contributed by atoms with van der Waals surface area (Å²) in [6.45, 7) is 4.87. The molecule has 32 heavy (non-hydrogen) atoms. The number of carbonyl (C=O) groups is 1. The van der Waals surface area contributed by atoms with E-state index < -0.39 is 0 Å². The molecule has 0 unspecified atom stereocenters. The second-order valence-electron chi connectivity index (χ2n) is 8.21. The third kappa shape index (κ3) is 4.19. The normalized spacial score (nSPS) is 14.0. The van der Waals surface area contributed by atoms with E-state index in [9.17, 15) is 4.79 Å². The van der Waals surface area contributed by atoms with E-state index in [0.29, 0.717) is 19.5 Å². The molecule has 0 atom stereocenters. The summed E-state index contributed by atoms with van der Waals surface area (Å²) in [6.07, 6.45) is 0.437. The van der Waals surface area contributed by atoms with Crippen LogP contribution >= 0.6 is 0 Å². The Balaban J connectivity index is 1.27. The summed E-state index contributed by atoms with van der Waals surface area (Å²) >= 11 is 0. The molecule has 5 nitrogen and oxygen atoms in total. The molecule has 1 aromatic heterocycles. The molecule has 4 aromatic rings. The third-order valence-corrected chi connectivity index (χ3v) is 6.07. The first-order chi connectivity index (χ1) is 15.7. The molecular formula is C27H26N4O. The van der Waals surface area contributed by atoms with Crippen molar-refractivity contribution < 1.29 is 4.79 Å². The fourth-order valence-corrected chi connectivity index (χ4v) is 4.38. The molecule has 5 rings (SSSR count). The lowest BCUT2D eigenvalue weighted by molar-refractivity contribution is -0.130. The summed E-state index contributed by atoms with van der Waals surface area (Å²) in [6, 6.07) is 26.7. The van der Waals surface area contributed by atoms with Crippen LogP contribution in [-0.4, -0.2) is 47.0 Å². The third-order valence-electron chi connectivity index (χ3n) is 6.07. The molecule has 0 N–H and O–H groups in total. The summed E-state index contributed by atoms with van der Waals surface area (Å²) in [7, 11) is 0. The SMILES string of the molecule is Cc1nc(-c2ccccc2)cc(N2CCN(C(=O)Cc3cccc4ccccc34)CC2)n1. The molecule has 1 amide bonds. The maximum absolute atomic E-state index is 13.0. The standard InChI is InChI=1S/C27H26N4O/c1-20-28-25(22-9-3-2-4-10-22)19-26(29-20)30-14-16-31(17-15-30)27(32)18-23-12-7-11-21-8-5-6-13-24(21)23/h2-13,19H,14-18H2,1H3. The van der Waals surface area contributed by atoms with Gasteiger partial charge >= 0.3 is 0 Å². The number of benzene rings is 3. The number of carbonyl (C=O) groups excluding carboxylic acids is 1. The molecule has 0 bridgehead atoms. The van der Waals surface area contributed by atoms with Crippen molar-refractivity contribution in [1.82, 2.24) is 14.9 Å². The minimum atomic E-state index is 0.185. The fourth-order valence-electron chi connectivity index (χ4n) is 4.38. The second kappa shape index (κ2) is 8.79. The number of aromatic nitrogens is 2. The highest BCUT2D eigenvalue weighted by molar-refractivity contribution is 5.90. The Morgan fingerprint density at radius 1 is 0.844 bits per heavy atom. The first-order valence-corrected chi connectivity index (χ1v) is 11.1. The monoisotopic (exact) mass is 422 g/mol. The van der Waals surface area contributed by atoms with Gasteiger partial charge in [0.05, 0.1) is 12.1 Å². The molecule has 1 saturated heterocycles. The first-order valence-electron chi connectivity index (χ1n) is 11.1. The van der Waals surface area contributed by atoms with Crippen LogP contribution in [0.15, 0.2) is 78.9 Å². The number of rotatable bonds is 4. The number of amides is 1. The highest BCUT2D eigenvalue weighted by atomic mass is 16.2. The minimum absolute atomic E-state index is 0.185. The average molecular weight is 423 g/mol. The Labute approximate surface area is 188 Å². The van der Waals surface area contributed by atoms with Crippen molar-refractivity contribution >= 4 is 22.5 Å². The summed E-state index contributed by atoms with van der Waals surface area (Å²) < 4.78 is 0. The zero-order valence-corrected chi connectivity index (χ0v) is 18.2. The number of anilines is 1. The van der Waals surface area contributed by atoms with E-state index >= 15 is 0 Å². The van der Waals surface area contributed by atoms with Gasteiger partial charge < -0.3 is 9.80 Å². The van der Waals surface area contributed by atoms with Gasteiger partial charge in [0.2, 0.25) is 5.91 Å². The van der Waals surface area contributed by atoms with Crippen LogP contribution < -0.4 is 4.90 Å². The van der Waals surface area contributed by atoms with Gasteiger partial charge in [0, 0.05) is 37.8 Å². The Kier molecular flexibility index (Phi) is 5.55. The maximum atomic E-state index is 13.0. The van der Waals surface area contributed by atoms with Gasteiger partial charge in [0.1, 0.15) is 11.6 Å². The Morgan fingerprint density at radius 2 is 1.56 bits per heavy atom. The summed E-state index contributed by atoms with van der Waals surface area (Å²) in [4.78, 5) is 26.5. The van der Waals surface area contributed by atoms with Crippen LogP contribution in [0, 0.1) is 6.92 Å². The lowest BCUT2D eigenvalue weighted by atomic mass is 10.0. The zero-order valence-electron chi connectivity index (χ0n) is 18.2. The number of fused-ring (bicyclic) bond motifs is 1. The van der Waals surface area contributed by atoms with Crippen molar-refractivity contribution in [3.63, 3.8) is 0 Å². The van der Waals surface area contributed by atoms with E-state index in [1.807, 2.05) is 48.2 Å². The molecule has 0 saturated carbocycles. The Morgan fingerprint density at radius 3 is 2.38 bits per heavy atom. The molecule has 160 valence electrons. The highest BCUT2D eigenvalue weighted by Crippen LogP contribution is 2.23. The predicted molar refractivity (Wildman–Crippen MR) is 129 cm³/mol. The van der Waals surface area contributed by atoms with Crippen molar-refractivity contribution in [2.24, 2.45) is 0 Å². The molecule has 5 heteroatoms. The average Bonchev–Trinajstić information content (AvgIpc) is 2.84. The lowest BCUT2D eigenvalue weighted by Gasteiger charge is -2.35. The van der Waals surface area contributed by atoms with Crippen molar-refractivity contribution in [2.45, 2.75) is 13.3 Å². The fraction of sp³-hybridized carbons (Fsp3) is 0.222. The molecule has 2 heterocycles. The first kappa shape index (κ1) is 20.2. The molecule has 0 radical (unpaired) electrons. The number of aryl methyl sites for hydroxylation is 1. The van der Waals surface area contributed by atoms with Crippen LogP contribution in [-0.2, 0) is 11.2 Å². The van der Waals surface area contributed by atoms with Gasteiger partial charge in [-0.2, -0.15) is 0 Å². The van der Waals surface area contributed by atoms with E-state index in [1.54, 1.807) is 0 Å². The maximum Gasteiger partial charge on any atom is 0.227 e. The van der Waals surface area contributed by atoms with Crippen LogP contribution in [0.4, 0.5) is 5.82 Å². The topological polar surface area (TPSA) is 49.3 Å². The molecule has 0 aliphatic carbocycles. The van der Waals surface area contributed by atoms with Gasteiger partial charge in [-0.1, -0.05) is 72.8 Å². The summed E-state index contributed by atoms with van der Waals surface area (Å²) in [5.74, 6) is 1.87. The smallest absolute Gasteiger partial charge is 0.227 e. The molecule has 1 fully saturated rings. The summed E-state index contributed by atoms with van der Waals surface area (Å²) in [5.41, 5.74) is 3.11. The van der Waals surface area contributed by atoms with E-state index in [0.717, 1.165) is 46.9 Å². The van der Waals surface area contributed by atoms with Crippen molar-refractivity contribution in [3.05, 3.63) is 90.3 Å². The predicted octanol–water partition coefficient (Wildman–Crippen LogP) is 4.50. The quantitative estimate of drug-likeness (QED) is 0.486. The molecule has 3 aromatic carbocycles. The van der Waals surface area contributed by atoms with Crippen molar-refractivity contribution in [2.75, 3.05) is 31.1 Å². The second-order valence-corrected chi connectivity index (χ2v) is 8.21. The van der Waals surface area contributed by atoms with E-state index in [4.69, 9.17) is 0 Å². The number of hydrogen-bond acceptors (Lipinski definition) is 4. The number of hydrogen-bond donors (Lipinski definition) is 0. The molecule has 0 spiro atoms. The lowest BCUT2D eigenvalue weighted by Crippen LogP contribution is -2.49. The number of nitrogens with zero attached hydrogens (tertiary/aromatic N) is 4. The van der Waals surface area contributed by atoms with E-state index in [2.05, 4.69) is 57.3 Å². The van der Waals surface area contributed by atoms with Gasteiger partial charge in [-0.3, -0.25) is 4.79 Å². The van der Waals surface area contributed by atoms with Crippen LogP contribution in [0.1, 0.15) is 11.4 Å². The Hall–Kier alpha value is -3.73. The highest BCUT2D eigenvalue weighted by Gasteiger charge is 2.23. The van der Waals surface area contributed by atoms with Gasteiger partial charge in [-0.25, -0.2) is 9.97 Å². The van der Waals surface area contributed by atoms with Crippen LogP contribution in [0.25, 0.3) is 22.0 Å². The van der Waals surface area contributed by atoms with Crippen LogP contribution in [0.5, 0.6) is 0 Å². The van der Waals surface area contributed by atoms with Crippen LogP contribution in [0.2, 0.25) is 0 Å². The van der Waals surface area contributed by atoms with Gasteiger partial charge in [0.15, 0.2) is 0 Å². The number of piperazine rings is 1. The minimum Gasteiger partial charge on any atom is -0.353 e. The van der Waals surface area contributed by atoms with Crippen LogP contribution in [0.3, 0.4) is 0 Å². The van der Waals surface area contributed by atoms with Gasteiger partial charge in [0.25, 0.3) is 0 Å². The van der Waals surface area contributed by atoms with Gasteiger partial charge in [-0.15, -0.1) is 0 Å². The van der Waals surface area contributed by atoms with Crippen molar-refractivity contribution in [1.29, 1.82) is 0 Å².